The molecule has 4 rings (SSSR count). The van der Waals surface area contributed by atoms with E-state index >= 15 is 0 Å². The summed E-state index contributed by atoms with van der Waals surface area (Å²) < 4.78 is 21.2. The van der Waals surface area contributed by atoms with Gasteiger partial charge in [0.2, 0.25) is 0 Å². The SMILES string of the molecule is COc1ccc(F)cc1-c1cccc(-n2cnc3cc([C@@H](C)N)ccc32)c1. The Hall–Kier alpha value is -3.18. The first kappa shape index (κ1) is 17.2. The van der Waals surface area contributed by atoms with Crippen LogP contribution in [0.15, 0.2) is 67.0 Å². The van der Waals surface area contributed by atoms with E-state index in [-0.39, 0.29) is 11.9 Å². The Morgan fingerprint density at radius 3 is 2.70 bits per heavy atom. The van der Waals surface area contributed by atoms with E-state index in [0.717, 1.165) is 27.8 Å². The fraction of sp³-hybridized carbons (Fsp3) is 0.136. The molecule has 1 aromatic heterocycles. The highest BCUT2D eigenvalue weighted by Gasteiger charge is 2.11. The Labute approximate surface area is 157 Å². The first-order valence-corrected chi connectivity index (χ1v) is 8.74. The lowest BCUT2D eigenvalue weighted by Gasteiger charge is -2.11. The average molecular weight is 361 g/mol. The van der Waals surface area contributed by atoms with Crippen LogP contribution in [0.3, 0.4) is 0 Å². The summed E-state index contributed by atoms with van der Waals surface area (Å²) in [4.78, 5) is 4.51. The van der Waals surface area contributed by atoms with Crippen molar-refractivity contribution in [1.29, 1.82) is 0 Å². The standard InChI is InChI=1S/C22H20FN3O/c1-14(24)15-6-8-21-20(11-15)25-13-26(21)18-5-3-4-16(10-18)19-12-17(23)7-9-22(19)27-2/h3-14H,24H2,1-2H3/t14-/m1/s1. The predicted molar refractivity (Wildman–Crippen MR) is 106 cm³/mol. The Morgan fingerprint density at radius 1 is 1.07 bits per heavy atom. The Kier molecular flexibility index (Phi) is 4.38. The van der Waals surface area contributed by atoms with Gasteiger partial charge >= 0.3 is 0 Å². The van der Waals surface area contributed by atoms with E-state index in [1.54, 1.807) is 19.5 Å². The van der Waals surface area contributed by atoms with Crippen molar-refractivity contribution in [3.8, 4) is 22.6 Å². The van der Waals surface area contributed by atoms with Gasteiger partial charge in [-0.1, -0.05) is 18.2 Å². The molecule has 0 bridgehead atoms. The minimum absolute atomic E-state index is 0.0386. The van der Waals surface area contributed by atoms with Crippen LogP contribution in [0.4, 0.5) is 4.39 Å². The van der Waals surface area contributed by atoms with Gasteiger partial charge in [0, 0.05) is 17.3 Å². The molecule has 0 fully saturated rings. The molecular weight excluding hydrogens is 341 g/mol. The van der Waals surface area contributed by atoms with Gasteiger partial charge in [0.1, 0.15) is 17.9 Å². The summed E-state index contributed by atoms with van der Waals surface area (Å²) in [5.74, 6) is 0.332. The third-order valence-electron chi connectivity index (χ3n) is 4.69. The van der Waals surface area contributed by atoms with E-state index < -0.39 is 0 Å². The molecule has 1 atom stereocenters. The predicted octanol–water partition coefficient (Wildman–Crippen LogP) is 4.86. The minimum atomic E-state index is -0.298. The molecule has 0 aliphatic carbocycles. The second-order valence-electron chi connectivity index (χ2n) is 6.55. The molecule has 0 aliphatic rings. The highest BCUT2D eigenvalue weighted by molar-refractivity contribution is 5.79. The number of aromatic nitrogens is 2. The van der Waals surface area contributed by atoms with Crippen molar-refractivity contribution < 1.29 is 9.13 Å². The zero-order chi connectivity index (χ0) is 19.0. The van der Waals surface area contributed by atoms with Crippen molar-refractivity contribution in [2.45, 2.75) is 13.0 Å². The molecule has 0 saturated carbocycles. The largest absolute Gasteiger partial charge is 0.496 e. The fourth-order valence-corrected chi connectivity index (χ4v) is 3.25. The third kappa shape index (κ3) is 3.17. The molecule has 0 unspecified atom stereocenters. The summed E-state index contributed by atoms with van der Waals surface area (Å²) in [7, 11) is 1.58. The molecule has 0 amide bonds. The number of halogens is 1. The lowest BCUT2D eigenvalue weighted by molar-refractivity contribution is 0.415. The molecule has 0 radical (unpaired) electrons. The maximum atomic E-state index is 13.8. The van der Waals surface area contributed by atoms with Crippen molar-refractivity contribution in [3.05, 3.63) is 78.4 Å². The van der Waals surface area contributed by atoms with Gasteiger partial charge in [-0.2, -0.15) is 0 Å². The van der Waals surface area contributed by atoms with Gasteiger partial charge in [-0.25, -0.2) is 9.37 Å². The van der Waals surface area contributed by atoms with Crippen LogP contribution in [0.2, 0.25) is 0 Å². The molecule has 3 aromatic carbocycles. The van der Waals surface area contributed by atoms with E-state index in [2.05, 4.69) is 4.98 Å². The van der Waals surface area contributed by atoms with Crippen LogP contribution < -0.4 is 10.5 Å². The van der Waals surface area contributed by atoms with Crippen molar-refractivity contribution in [3.63, 3.8) is 0 Å². The molecule has 0 aliphatic heterocycles. The van der Waals surface area contributed by atoms with Gasteiger partial charge in [0.15, 0.2) is 0 Å². The van der Waals surface area contributed by atoms with Gasteiger partial charge < -0.3 is 10.5 Å². The maximum absolute atomic E-state index is 13.8. The van der Waals surface area contributed by atoms with Gasteiger partial charge in [-0.05, 0) is 60.5 Å². The first-order chi connectivity index (χ1) is 13.1. The summed E-state index contributed by atoms with van der Waals surface area (Å²) >= 11 is 0. The summed E-state index contributed by atoms with van der Waals surface area (Å²) in [6.45, 7) is 1.95. The number of hydrogen-bond donors (Lipinski definition) is 1. The summed E-state index contributed by atoms with van der Waals surface area (Å²) in [6, 6.07) is 18.4. The van der Waals surface area contributed by atoms with Crippen LogP contribution >= 0.6 is 0 Å². The highest BCUT2D eigenvalue weighted by atomic mass is 19.1. The third-order valence-corrected chi connectivity index (χ3v) is 4.69. The Balaban J connectivity index is 1.82. The smallest absolute Gasteiger partial charge is 0.126 e. The van der Waals surface area contributed by atoms with Crippen LogP contribution in [0.5, 0.6) is 5.75 Å². The van der Waals surface area contributed by atoms with Crippen LogP contribution in [-0.2, 0) is 0 Å². The van der Waals surface area contributed by atoms with Gasteiger partial charge in [0.05, 0.1) is 18.1 Å². The van der Waals surface area contributed by atoms with E-state index in [9.17, 15) is 4.39 Å². The lowest BCUT2D eigenvalue weighted by Crippen LogP contribution is -2.04. The van der Waals surface area contributed by atoms with Gasteiger partial charge in [0.25, 0.3) is 0 Å². The van der Waals surface area contributed by atoms with Gasteiger partial charge in [-0.3, -0.25) is 4.57 Å². The quantitative estimate of drug-likeness (QED) is 0.565. The number of fused-ring (bicyclic) bond motifs is 1. The van der Waals surface area contributed by atoms with Crippen molar-refractivity contribution in [2.75, 3.05) is 7.11 Å². The molecule has 136 valence electrons. The van der Waals surface area contributed by atoms with Crippen molar-refractivity contribution in [2.24, 2.45) is 5.73 Å². The summed E-state index contributed by atoms with van der Waals surface area (Å²) in [5.41, 5.74) is 11.4. The number of ether oxygens (including phenoxy) is 1. The maximum Gasteiger partial charge on any atom is 0.126 e. The zero-order valence-electron chi connectivity index (χ0n) is 15.2. The summed E-state index contributed by atoms with van der Waals surface area (Å²) in [5, 5.41) is 0. The molecular formula is C22H20FN3O. The molecule has 4 aromatic rings. The monoisotopic (exact) mass is 361 g/mol. The van der Waals surface area contributed by atoms with E-state index in [0.29, 0.717) is 11.3 Å². The molecule has 1 heterocycles. The normalized spacial score (nSPS) is 12.3. The van der Waals surface area contributed by atoms with Crippen LogP contribution in [0.1, 0.15) is 18.5 Å². The molecule has 2 N–H and O–H groups in total. The lowest BCUT2D eigenvalue weighted by atomic mass is 10.0. The Bertz CT molecular complexity index is 1120. The number of methoxy groups -OCH3 is 1. The van der Waals surface area contributed by atoms with Crippen molar-refractivity contribution in [1.82, 2.24) is 9.55 Å². The molecule has 4 nitrogen and oxygen atoms in total. The minimum Gasteiger partial charge on any atom is -0.496 e. The molecule has 27 heavy (non-hydrogen) atoms. The number of nitrogens with two attached hydrogens (primary N) is 1. The number of rotatable bonds is 4. The van der Waals surface area contributed by atoms with E-state index in [4.69, 9.17) is 10.5 Å². The first-order valence-electron chi connectivity index (χ1n) is 8.74. The molecule has 5 heteroatoms. The van der Waals surface area contributed by atoms with E-state index in [1.807, 2.05) is 54.0 Å². The topological polar surface area (TPSA) is 53.1 Å². The number of hydrogen-bond acceptors (Lipinski definition) is 3. The second kappa shape index (κ2) is 6.85. The summed E-state index contributed by atoms with van der Waals surface area (Å²) in [6.07, 6.45) is 1.79. The van der Waals surface area contributed by atoms with Crippen LogP contribution in [0, 0.1) is 5.82 Å². The highest BCUT2D eigenvalue weighted by Crippen LogP contribution is 2.32. The number of nitrogens with zero attached hydrogens (tertiary/aromatic N) is 2. The number of benzene rings is 3. The second-order valence-corrected chi connectivity index (χ2v) is 6.55. The van der Waals surface area contributed by atoms with E-state index in [1.165, 1.54) is 12.1 Å². The van der Waals surface area contributed by atoms with Gasteiger partial charge in [-0.15, -0.1) is 0 Å². The molecule has 0 spiro atoms. The number of imidazole rings is 1. The Morgan fingerprint density at radius 2 is 1.93 bits per heavy atom. The van der Waals surface area contributed by atoms with Crippen LogP contribution in [-0.4, -0.2) is 16.7 Å². The van der Waals surface area contributed by atoms with Crippen molar-refractivity contribution >= 4 is 11.0 Å². The molecule has 0 saturated heterocycles. The van der Waals surface area contributed by atoms with Crippen LogP contribution in [0.25, 0.3) is 27.8 Å². The fourth-order valence-electron chi connectivity index (χ4n) is 3.25. The zero-order valence-corrected chi connectivity index (χ0v) is 15.2. The average Bonchev–Trinajstić information content (AvgIpc) is 3.11.